The maximum Gasteiger partial charge on any atom is 0.216 e. The molecule has 5 nitrogen and oxygen atoms in total. The van der Waals surface area contributed by atoms with Crippen LogP contribution in [0.3, 0.4) is 0 Å². The van der Waals surface area contributed by atoms with Crippen LogP contribution in [0.1, 0.15) is 5.56 Å². The number of hydrogen-bond donors (Lipinski definition) is 1. The molecular formula is C14H9Cl2N5S. The summed E-state index contributed by atoms with van der Waals surface area (Å²) >= 11 is 17.1. The van der Waals surface area contributed by atoms with E-state index in [0.717, 1.165) is 11.1 Å². The monoisotopic (exact) mass is 349 g/mol. The van der Waals surface area contributed by atoms with Crippen LogP contribution in [0, 0.1) is 4.77 Å². The van der Waals surface area contributed by atoms with Crippen molar-refractivity contribution in [2.45, 2.75) is 0 Å². The second-order valence-electron chi connectivity index (χ2n) is 4.32. The van der Waals surface area contributed by atoms with Gasteiger partial charge in [0.05, 0.1) is 16.3 Å². The van der Waals surface area contributed by atoms with E-state index in [2.05, 4.69) is 20.3 Å². The smallest absolute Gasteiger partial charge is 0.216 e. The highest BCUT2D eigenvalue weighted by atomic mass is 35.5. The van der Waals surface area contributed by atoms with Crippen molar-refractivity contribution < 1.29 is 0 Å². The van der Waals surface area contributed by atoms with Gasteiger partial charge in [-0.05, 0) is 42.0 Å². The first-order valence-electron chi connectivity index (χ1n) is 6.22. The third kappa shape index (κ3) is 3.09. The number of nitrogens with zero attached hydrogens (tertiary/aromatic N) is 4. The maximum atomic E-state index is 5.99. The van der Waals surface area contributed by atoms with Gasteiger partial charge in [-0.25, -0.2) is 5.10 Å². The lowest BCUT2D eigenvalue weighted by atomic mass is 10.2. The number of halogens is 2. The summed E-state index contributed by atoms with van der Waals surface area (Å²) in [4.78, 5) is 4.07. The van der Waals surface area contributed by atoms with Crippen molar-refractivity contribution >= 4 is 41.6 Å². The van der Waals surface area contributed by atoms with Gasteiger partial charge in [-0.1, -0.05) is 29.3 Å². The number of nitrogens with one attached hydrogen (secondary N) is 1. The Hall–Kier alpha value is -2.02. The molecule has 0 amide bonds. The molecule has 0 atom stereocenters. The number of hydrogen-bond acceptors (Lipinski definition) is 4. The van der Waals surface area contributed by atoms with E-state index in [9.17, 15) is 0 Å². The maximum absolute atomic E-state index is 5.99. The summed E-state index contributed by atoms with van der Waals surface area (Å²) in [6.45, 7) is 0. The topological polar surface area (TPSA) is 58.9 Å². The number of H-pyrrole nitrogens is 1. The van der Waals surface area contributed by atoms with E-state index >= 15 is 0 Å². The summed E-state index contributed by atoms with van der Waals surface area (Å²) in [7, 11) is 0. The molecule has 0 spiro atoms. The first kappa shape index (κ1) is 14.9. The van der Waals surface area contributed by atoms with E-state index in [4.69, 9.17) is 35.4 Å². The fraction of sp³-hybridized carbons (Fsp3) is 0. The molecule has 110 valence electrons. The predicted octanol–water partition coefficient (Wildman–Crippen LogP) is 4.19. The van der Waals surface area contributed by atoms with Crippen molar-refractivity contribution in [2.24, 2.45) is 5.10 Å². The Balaban J connectivity index is 1.99. The van der Waals surface area contributed by atoms with Gasteiger partial charge in [0, 0.05) is 18.0 Å². The minimum Gasteiger partial charge on any atom is -0.264 e. The standard InChI is InChI=1S/C14H9Cl2N5S/c15-11-4-3-9(6-12(11)16)7-18-21-13(19-20-14(21)22)10-2-1-5-17-8-10/h1-8H,(H,20,22). The Morgan fingerprint density at radius 1 is 1.23 bits per heavy atom. The van der Waals surface area contributed by atoms with E-state index in [1.807, 2.05) is 18.2 Å². The molecule has 0 aliphatic heterocycles. The molecule has 0 aliphatic carbocycles. The van der Waals surface area contributed by atoms with Crippen LogP contribution in [0.5, 0.6) is 0 Å². The summed E-state index contributed by atoms with van der Waals surface area (Å²) in [6.07, 6.45) is 5.01. The minimum absolute atomic E-state index is 0.384. The summed E-state index contributed by atoms with van der Waals surface area (Å²) in [5.74, 6) is 0.578. The predicted molar refractivity (Wildman–Crippen MR) is 90.1 cm³/mol. The molecule has 0 aliphatic rings. The van der Waals surface area contributed by atoms with E-state index in [-0.39, 0.29) is 0 Å². The third-order valence-electron chi connectivity index (χ3n) is 2.84. The molecule has 0 fully saturated rings. The summed E-state index contributed by atoms with van der Waals surface area (Å²) in [5, 5.41) is 12.2. The number of benzene rings is 1. The van der Waals surface area contributed by atoms with Gasteiger partial charge >= 0.3 is 0 Å². The van der Waals surface area contributed by atoms with E-state index in [1.54, 1.807) is 30.7 Å². The average molecular weight is 350 g/mol. The Kier molecular flexibility index (Phi) is 4.33. The number of aromatic nitrogens is 4. The lowest BCUT2D eigenvalue weighted by Crippen LogP contribution is -1.95. The van der Waals surface area contributed by atoms with Gasteiger partial charge in [-0.2, -0.15) is 14.9 Å². The summed E-state index contributed by atoms with van der Waals surface area (Å²) < 4.78 is 1.91. The molecule has 3 rings (SSSR count). The molecule has 0 unspecified atom stereocenters. The van der Waals surface area contributed by atoms with Gasteiger partial charge in [0.1, 0.15) is 0 Å². The van der Waals surface area contributed by atoms with E-state index in [0.29, 0.717) is 20.6 Å². The Morgan fingerprint density at radius 3 is 2.82 bits per heavy atom. The van der Waals surface area contributed by atoms with Crippen LogP contribution in [-0.2, 0) is 0 Å². The molecule has 1 N–H and O–H groups in total. The first-order chi connectivity index (χ1) is 10.6. The molecule has 0 saturated carbocycles. The zero-order chi connectivity index (χ0) is 15.5. The highest BCUT2D eigenvalue weighted by Gasteiger charge is 2.07. The van der Waals surface area contributed by atoms with Crippen molar-refractivity contribution in [3.63, 3.8) is 0 Å². The van der Waals surface area contributed by atoms with Gasteiger partial charge in [-0.3, -0.25) is 4.98 Å². The molecule has 2 heterocycles. The molecule has 3 aromatic rings. The van der Waals surface area contributed by atoms with Crippen LogP contribution in [0.25, 0.3) is 11.4 Å². The quantitative estimate of drug-likeness (QED) is 0.569. The zero-order valence-electron chi connectivity index (χ0n) is 11.1. The lowest BCUT2D eigenvalue weighted by molar-refractivity contribution is 0.871. The molecule has 22 heavy (non-hydrogen) atoms. The summed E-state index contributed by atoms with van der Waals surface area (Å²) in [6, 6.07) is 8.94. The normalized spacial score (nSPS) is 11.2. The van der Waals surface area contributed by atoms with E-state index < -0.39 is 0 Å². The second-order valence-corrected chi connectivity index (χ2v) is 5.53. The highest BCUT2D eigenvalue weighted by molar-refractivity contribution is 7.71. The van der Waals surface area contributed by atoms with Crippen molar-refractivity contribution in [1.82, 2.24) is 19.9 Å². The Morgan fingerprint density at radius 2 is 2.09 bits per heavy atom. The van der Waals surface area contributed by atoms with Crippen molar-refractivity contribution in [3.8, 4) is 11.4 Å². The molecule has 2 aromatic heterocycles. The molecule has 1 aromatic carbocycles. The zero-order valence-corrected chi connectivity index (χ0v) is 13.4. The second kappa shape index (κ2) is 6.39. The average Bonchev–Trinajstić information content (AvgIpc) is 2.90. The summed E-state index contributed by atoms with van der Waals surface area (Å²) in [5.41, 5.74) is 1.61. The third-order valence-corrected chi connectivity index (χ3v) is 3.84. The van der Waals surface area contributed by atoms with Crippen LogP contribution in [0.2, 0.25) is 10.0 Å². The fourth-order valence-electron chi connectivity index (χ4n) is 1.80. The number of pyridine rings is 1. The number of aromatic amines is 1. The Labute approximate surface area is 141 Å². The molecular weight excluding hydrogens is 341 g/mol. The van der Waals surface area contributed by atoms with Gasteiger partial charge in [0.2, 0.25) is 4.77 Å². The minimum atomic E-state index is 0.384. The van der Waals surface area contributed by atoms with Gasteiger partial charge < -0.3 is 0 Å². The van der Waals surface area contributed by atoms with Crippen LogP contribution in [-0.4, -0.2) is 26.1 Å². The van der Waals surface area contributed by atoms with Crippen LogP contribution in [0.15, 0.2) is 47.8 Å². The van der Waals surface area contributed by atoms with Gasteiger partial charge in [0.25, 0.3) is 0 Å². The number of rotatable bonds is 3. The molecule has 0 bridgehead atoms. The van der Waals surface area contributed by atoms with Crippen LogP contribution in [0.4, 0.5) is 0 Å². The molecule has 8 heteroatoms. The lowest BCUT2D eigenvalue weighted by Gasteiger charge is -2.00. The first-order valence-corrected chi connectivity index (χ1v) is 7.39. The van der Waals surface area contributed by atoms with Crippen LogP contribution >= 0.6 is 35.4 Å². The molecule has 0 saturated heterocycles. The highest BCUT2D eigenvalue weighted by Crippen LogP contribution is 2.22. The van der Waals surface area contributed by atoms with Crippen molar-refractivity contribution in [3.05, 3.63) is 63.1 Å². The Bertz CT molecular complexity index is 886. The SMILES string of the molecule is S=c1[nH]nc(-c2cccnc2)n1N=Cc1ccc(Cl)c(Cl)c1. The van der Waals surface area contributed by atoms with Crippen molar-refractivity contribution in [2.75, 3.05) is 0 Å². The molecule has 0 radical (unpaired) electrons. The van der Waals surface area contributed by atoms with Crippen molar-refractivity contribution in [1.29, 1.82) is 0 Å². The van der Waals surface area contributed by atoms with Gasteiger partial charge in [0.15, 0.2) is 5.82 Å². The van der Waals surface area contributed by atoms with Crippen LogP contribution < -0.4 is 0 Å². The largest absolute Gasteiger partial charge is 0.264 e. The van der Waals surface area contributed by atoms with Gasteiger partial charge in [-0.15, -0.1) is 0 Å². The fourth-order valence-corrected chi connectivity index (χ4v) is 2.28. The van der Waals surface area contributed by atoms with E-state index in [1.165, 1.54) is 4.68 Å².